The summed E-state index contributed by atoms with van der Waals surface area (Å²) in [5.74, 6) is -0.550. The molecule has 1 aromatic carbocycles. The van der Waals surface area contributed by atoms with Crippen LogP contribution in [0.15, 0.2) is 36.4 Å². The molecule has 0 atom stereocenters. The molecule has 0 aliphatic heterocycles. The first-order valence-corrected chi connectivity index (χ1v) is 6.39. The molecule has 0 unspecified atom stereocenters. The molecule has 0 saturated heterocycles. The molecule has 0 bridgehead atoms. The topological polar surface area (TPSA) is 59.2 Å². The monoisotopic (exact) mass is 293 g/mol. The van der Waals surface area contributed by atoms with Crippen LogP contribution in [-0.2, 0) is 0 Å². The largest absolute Gasteiger partial charge is 0.384 e. The van der Waals surface area contributed by atoms with E-state index in [9.17, 15) is 9.18 Å². The molecule has 0 aliphatic carbocycles. The van der Waals surface area contributed by atoms with Gasteiger partial charge in [-0.3, -0.25) is 4.79 Å². The van der Waals surface area contributed by atoms with Gasteiger partial charge in [0, 0.05) is 17.8 Å². The number of pyridine rings is 1. The molecule has 1 amide bonds. The predicted octanol–water partition coefficient (Wildman–Crippen LogP) is 3.12. The molecule has 0 radical (unpaired) electrons. The molecule has 4 nitrogen and oxygen atoms in total. The van der Waals surface area contributed by atoms with E-state index < -0.39 is 5.82 Å². The summed E-state index contributed by atoms with van der Waals surface area (Å²) < 4.78 is 13.3. The molecule has 1 heterocycles. The second-order valence-electron chi connectivity index (χ2n) is 4.13. The molecule has 0 saturated carbocycles. The van der Waals surface area contributed by atoms with Crippen molar-refractivity contribution in [1.29, 1.82) is 0 Å². The van der Waals surface area contributed by atoms with Gasteiger partial charge >= 0.3 is 0 Å². The average Bonchev–Trinajstić information content (AvgIpc) is 2.38. The maximum atomic E-state index is 13.3. The molecular formula is C14H13ClFN3O. The fraction of sp³-hybridized carbons (Fsp3) is 0.143. The van der Waals surface area contributed by atoms with Crippen LogP contribution in [0.25, 0.3) is 0 Å². The quantitative estimate of drug-likeness (QED) is 0.885. The SMILES string of the molecule is CCN(C(=O)c1cc(N)nc(Cl)c1)c1cccc(F)c1. The summed E-state index contributed by atoms with van der Waals surface area (Å²) in [6.07, 6.45) is 0. The van der Waals surface area contributed by atoms with Crippen molar-refractivity contribution in [2.45, 2.75) is 6.92 Å². The maximum Gasteiger partial charge on any atom is 0.258 e. The number of amides is 1. The van der Waals surface area contributed by atoms with Gasteiger partial charge in [0.1, 0.15) is 16.8 Å². The summed E-state index contributed by atoms with van der Waals surface area (Å²) in [5, 5.41) is 0.142. The fourth-order valence-corrected chi connectivity index (χ4v) is 2.10. The van der Waals surface area contributed by atoms with E-state index in [4.69, 9.17) is 17.3 Å². The molecule has 0 aliphatic rings. The Bertz CT molecular complexity index is 628. The van der Waals surface area contributed by atoms with Gasteiger partial charge in [0.2, 0.25) is 0 Å². The minimum Gasteiger partial charge on any atom is -0.384 e. The Morgan fingerprint density at radius 1 is 1.40 bits per heavy atom. The van der Waals surface area contributed by atoms with E-state index in [0.717, 1.165) is 0 Å². The molecule has 0 spiro atoms. The lowest BCUT2D eigenvalue weighted by Gasteiger charge is -2.21. The summed E-state index contributed by atoms with van der Waals surface area (Å²) in [7, 11) is 0. The Hall–Kier alpha value is -2.14. The van der Waals surface area contributed by atoms with Gasteiger partial charge in [0.05, 0.1) is 0 Å². The minimum atomic E-state index is -0.402. The minimum absolute atomic E-state index is 0.142. The maximum absolute atomic E-state index is 13.3. The van der Waals surface area contributed by atoms with Crippen LogP contribution < -0.4 is 10.6 Å². The summed E-state index contributed by atoms with van der Waals surface area (Å²) in [6.45, 7) is 2.19. The van der Waals surface area contributed by atoms with Crippen LogP contribution in [0.5, 0.6) is 0 Å². The molecule has 1 aromatic heterocycles. The third-order valence-electron chi connectivity index (χ3n) is 2.74. The number of rotatable bonds is 3. The van der Waals surface area contributed by atoms with Crippen molar-refractivity contribution in [2.75, 3.05) is 17.2 Å². The van der Waals surface area contributed by atoms with E-state index in [2.05, 4.69) is 4.98 Å². The Morgan fingerprint density at radius 2 is 2.15 bits per heavy atom. The van der Waals surface area contributed by atoms with Gasteiger partial charge in [0.25, 0.3) is 5.91 Å². The number of anilines is 2. The number of nitrogen functional groups attached to an aromatic ring is 1. The first kappa shape index (κ1) is 14.3. The van der Waals surface area contributed by atoms with Gasteiger partial charge in [-0.25, -0.2) is 9.37 Å². The lowest BCUT2D eigenvalue weighted by atomic mass is 10.2. The van der Waals surface area contributed by atoms with E-state index >= 15 is 0 Å². The van der Waals surface area contributed by atoms with Crippen molar-refractivity contribution in [3.63, 3.8) is 0 Å². The van der Waals surface area contributed by atoms with Crippen molar-refractivity contribution in [3.8, 4) is 0 Å². The van der Waals surface area contributed by atoms with Crippen molar-refractivity contribution in [1.82, 2.24) is 4.98 Å². The van der Waals surface area contributed by atoms with Crippen LogP contribution >= 0.6 is 11.6 Å². The normalized spacial score (nSPS) is 10.3. The fourth-order valence-electron chi connectivity index (χ4n) is 1.88. The molecule has 20 heavy (non-hydrogen) atoms. The number of nitrogens with two attached hydrogens (primary N) is 1. The Morgan fingerprint density at radius 3 is 2.75 bits per heavy atom. The number of carbonyl (C=O) groups excluding carboxylic acids is 1. The number of halogens is 2. The van der Waals surface area contributed by atoms with Crippen LogP contribution in [0.1, 0.15) is 17.3 Å². The highest BCUT2D eigenvalue weighted by atomic mass is 35.5. The lowest BCUT2D eigenvalue weighted by Crippen LogP contribution is -2.30. The van der Waals surface area contributed by atoms with Crippen molar-refractivity contribution in [3.05, 3.63) is 52.9 Å². The van der Waals surface area contributed by atoms with E-state index in [1.54, 1.807) is 19.1 Å². The molecule has 2 N–H and O–H groups in total. The third kappa shape index (κ3) is 3.05. The van der Waals surface area contributed by atoms with Crippen LogP contribution in [0.4, 0.5) is 15.9 Å². The van der Waals surface area contributed by atoms with E-state index in [-0.39, 0.29) is 16.9 Å². The number of nitrogens with zero attached hydrogens (tertiary/aromatic N) is 2. The number of aromatic nitrogens is 1. The van der Waals surface area contributed by atoms with Gasteiger partial charge in [0.15, 0.2) is 0 Å². The van der Waals surface area contributed by atoms with Crippen molar-refractivity contribution < 1.29 is 9.18 Å². The zero-order chi connectivity index (χ0) is 14.7. The molecule has 2 aromatic rings. The molecular weight excluding hydrogens is 281 g/mol. The van der Waals surface area contributed by atoms with Crippen molar-refractivity contribution in [2.24, 2.45) is 0 Å². The summed E-state index contributed by atoms with van der Waals surface area (Å²) >= 11 is 5.79. The lowest BCUT2D eigenvalue weighted by molar-refractivity contribution is 0.0988. The van der Waals surface area contributed by atoms with E-state index in [0.29, 0.717) is 17.8 Å². The standard InChI is InChI=1S/C14H13ClFN3O/c1-2-19(11-5-3-4-10(16)8-11)14(20)9-6-12(15)18-13(17)7-9/h3-8H,2H2,1H3,(H2,17,18). The average molecular weight is 294 g/mol. The number of hydrogen-bond acceptors (Lipinski definition) is 3. The molecule has 2 rings (SSSR count). The Balaban J connectivity index is 2.38. The van der Waals surface area contributed by atoms with Gasteiger partial charge in [-0.2, -0.15) is 0 Å². The molecule has 6 heteroatoms. The highest BCUT2D eigenvalue weighted by Gasteiger charge is 2.17. The zero-order valence-electron chi connectivity index (χ0n) is 10.8. The smallest absolute Gasteiger partial charge is 0.258 e. The number of carbonyl (C=O) groups is 1. The van der Waals surface area contributed by atoms with Crippen LogP contribution in [0.2, 0.25) is 5.15 Å². The third-order valence-corrected chi connectivity index (χ3v) is 2.94. The highest BCUT2D eigenvalue weighted by molar-refractivity contribution is 6.30. The first-order valence-electron chi connectivity index (χ1n) is 6.01. The summed E-state index contributed by atoms with van der Waals surface area (Å²) in [5.41, 5.74) is 6.36. The zero-order valence-corrected chi connectivity index (χ0v) is 11.6. The molecule has 0 fully saturated rings. The second kappa shape index (κ2) is 5.88. The van der Waals surface area contributed by atoms with Crippen LogP contribution in [0, 0.1) is 5.82 Å². The molecule has 104 valence electrons. The summed E-state index contributed by atoms with van der Waals surface area (Å²) in [4.78, 5) is 17.7. The van der Waals surface area contributed by atoms with E-state index in [1.807, 2.05) is 0 Å². The second-order valence-corrected chi connectivity index (χ2v) is 4.52. The first-order chi connectivity index (χ1) is 9.51. The van der Waals surface area contributed by atoms with E-state index in [1.165, 1.54) is 29.2 Å². The van der Waals surface area contributed by atoms with Gasteiger partial charge in [-0.05, 0) is 37.3 Å². The van der Waals surface area contributed by atoms with Crippen molar-refractivity contribution >= 4 is 29.0 Å². The highest BCUT2D eigenvalue weighted by Crippen LogP contribution is 2.20. The Kier molecular flexibility index (Phi) is 4.20. The van der Waals surface area contributed by atoms with Crippen LogP contribution in [-0.4, -0.2) is 17.4 Å². The summed E-state index contributed by atoms with van der Waals surface area (Å²) in [6, 6.07) is 8.71. The number of hydrogen-bond donors (Lipinski definition) is 1. The van der Waals surface area contributed by atoms with Crippen LogP contribution in [0.3, 0.4) is 0 Å². The van der Waals surface area contributed by atoms with Gasteiger partial charge in [-0.15, -0.1) is 0 Å². The van der Waals surface area contributed by atoms with Gasteiger partial charge in [-0.1, -0.05) is 17.7 Å². The van der Waals surface area contributed by atoms with Gasteiger partial charge < -0.3 is 10.6 Å². The predicted molar refractivity (Wildman–Crippen MR) is 77.4 cm³/mol. The Labute approximate surface area is 121 Å². The number of benzene rings is 1.